The van der Waals surface area contributed by atoms with Crippen LogP contribution in [-0.4, -0.2) is 0 Å². The molecule has 2 N–H and O–H groups in total. The Labute approximate surface area is 75.6 Å². The highest BCUT2D eigenvalue weighted by atomic mass is 35.5. The molecule has 0 bridgehead atoms. The molecule has 0 spiro atoms. The second-order valence-electron chi connectivity index (χ2n) is 2.40. The van der Waals surface area contributed by atoms with E-state index in [0.717, 1.165) is 0 Å². The molecule has 1 aromatic carbocycles. The monoisotopic (exact) mass is 185 g/mol. The highest BCUT2D eigenvalue weighted by molar-refractivity contribution is 6.30. The van der Waals surface area contributed by atoms with E-state index in [1.54, 1.807) is 12.1 Å². The van der Waals surface area contributed by atoms with Crippen molar-refractivity contribution in [2.75, 3.05) is 0 Å². The molecule has 0 aromatic heterocycles. The quantitative estimate of drug-likeness (QED) is 0.705. The van der Waals surface area contributed by atoms with Crippen LogP contribution in [0.5, 0.6) is 0 Å². The molecular weight excluding hydrogens is 177 g/mol. The summed E-state index contributed by atoms with van der Waals surface area (Å²) in [7, 11) is 0. The molecular formula is C9H9ClFN. The average molecular weight is 186 g/mol. The van der Waals surface area contributed by atoms with E-state index in [0.29, 0.717) is 5.56 Å². The van der Waals surface area contributed by atoms with Crippen LogP contribution in [0.25, 0.3) is 0 Å². The van der Waals surface area contributed by atoms with Gasteiger partial charge in [0.05, 0.1) is 11.1 Å². The Hall–Kier alpha value is -0.860. The number of hydrogen-bond donors (Lipinski definition) is 1. The normalized spacial score (nSPS) is 12.6. The zero-order valence-corrected chi connectivity index (χ0v) is 7.18. The van der Waals surface area contributed by atoms with Crippen molar-refractivity contribution in [3.63, 3.8) is 0 Å². The van der Waals surface area contributed by atoms with Crippen LogP contribution in [0.4, 0.5) is 4.39 Å². The standard InChI is InChI=1S/C9H9ClFN/c1-2-8(12)6-4-3-5-7(10)9(6)11/h2-5,8H,1,12H2/t8-/m0/s1. The molecule has 12 heavy (non-hydrogen) atoms. The number of halogens is 2. The third-order valence-corrected chi connectivity index (χ3v) is 1.89. The second-order valence-corrected chi connectivity index (χ2v) is 2.81. The maximum atomic E-state index is 13.2. The minimum absolute atomic E-state index is 0.0878. The summed E-state index contributed by atoms with van der Waals surface area (Å²) in [5, 5.41) is 0.0878. The summed E-state index contributed by atoms with van der Waals surface area (Å²) in [5.74, 6) is -0.466. The van der Waals surface area contributed by atoms with Crippen molar-refractivity contribution in [2.45, 2.75) is 6.04 Å². The van der Waals surface area contributed by atoms with E-state index in [2.05, 4.69) is 6.58 Å². The Morgan fingerprint density at radius 1 is 1.58 bits per heavy atom. The van der Waals surface area contributed by atoms with Gasteiger partial charge in [-0.1, -0.05) is 29.8 Å². The van der Waals surface area contributed by atoms with Gasteiger partial charge in [-0.25, -0.2) is 4.39 Å². The molecule has 1 nitrogen and oxygen atoms in total. The summed E-state index contributed by atoms with van der Waals surface area (Å²) in [6.45, 7) is 3.47. The van der Waals surface area contributed by atoms with Gasteiger partial charge in [0.25, 0.3) is 0 Å². The van der Waals surface area contributed by atoms with Gasteiger partial charge in [0.2, 0.25) is 0 Å². The predicted octanol–water partition coefficient (Wildman–Crippen LogP) is 2.66. The molecule has 0 unspecified atom stereocenters. The largest absolute Gasteiger partial charge is 0.321 e. The maximum Gasteiger partial charge on any atom is 0.146 e. The van der Waals surface area contributed by atoms with Crippen molar-refractivity contribution in [1.29, 1.82) is 0 Å². The van der Waals surface area contributed by atoms with E-state index in [-0.39, 0.29) is 5.02 Å². The Kier molecular flexibility index (Phi) is 2.84. The van der Waals surface area contributed by atoms with Gasteiger partial charge in [0.15, 0.2) is 0 Å². The molecule has 0 fully saturated rings. The summed E-state index contributed by atoms with van der Waals surface area (Å²) in [6.07, 6.45) is 1.47. The van der Waals surface area contributed by atoms with Gasteiger partial charge in [-0.15, -0.1) is 6.58 Å². The Morgan fingerprint density at radius 2 is 2.25 bits per heavy atom. The van der Waals surface area contributed by atoms with Gasteiger partial charge < -0.3 is 5.73 Å². The molecule has 0 aliphatic carbocycles. The van der Waals surface area contributed by atoms with E-state index in [9.17, 15) is 4.39 Å². The van der Waals surface area contributed by atoms with Crippen molar-refractivity contribution in [3.8, 4) is 0 Å². The first-order valence-electron chi connectivity index (χ1n) is 3.49. The molecule has 64 valence electrons. The number of benzene rings is 1. The fourth-order valence-electron chi connectivity index (χ4n) is 0.905. The molecule has 1 atom stereocenters. The fourth-order valence-corrected chi connectivity index (χ4v) is 1.09. The molecule has 0 amide bonds. The van der Waals surface area contributed by atoms with Crippen molar-refractivity contribution in [1.82, 2.24) is 0 Å². The highest BCUT2D eigenvalue weighted by Gasteiger charge is 2.09. The van der Waals surface area contributed by atoms with E-state index < -0.39 is 11.9 Å². The molecule has 0 saturated heterocycles. The lowest BCUT2D eigenvalue weighted by Crippen LogP contribution is -2.08. The third kappa shape index (κ3) is 1.65. The molecule has 1 aromatic rings. The van der Waals surface area contributed by atoms with E-state index in [1.165, 1.54) is 12.1 Å². The smallest absolute Gasteiger partial charge is 0.146 e. The molecule has 0 saturated carbocycles. The van der Waals surface area contributed by atoms with Crippen LogP contribution in [-0.2, 0) is 0 Å². The van der Waals surface area contributed by atoms with Crippen LogP contribution < -0.4 is 5.73 Å². The van der Waals surface area contributed by atoms with Crippen LogP contribution in [0.1, 0.15) is 11.6 Å². The van der Waals surface area contributed by atoms with E-state index in [1.807, 2.05) is 0 Å². The third-order valence-electron chi connectivity index (χ3n) is 1.59. The summed E-state index contributed by atoms with van der Waals surface area (Å²) in [6, 6.07) is 4.23. The molecule has 0 aliphatic rings. The van der Waals surface area contributed by atoms with E-state index in [4.69, 9.17) is 17.3 Å². The second kappa shape index (κ2) is 3.70. The van der Waals surface area contributed by atoms with Gasteiger partial charge in [-0.3, -0.25) is 0 Å². The summed E-state index contributed by atoms with van der Waals surface area (Å²) in [5.41, 5.74) is 5.92. The first kappa shape index (κ1) is 9.23. The number of nitrogens with two attached hydrogens (primary N) is 1. The molecule has 1 rings (SSSR count). The van der Waals surface area contributed by atoms with Crippen LogP contribution in [0.2, 0.25) is 5.02 Å². The Balaban J connectivity index is 3.15. The van der Waals surface area contributed by atoms with Crippen LogP contribution in [0, 0.1) is 5.82 Å². The van der Waals surface area contributed by atoms with E-state index >= 15 is 0 Å². The number of hydrogen-bond acceptors (Lipinski definition) is 1. The Morgan fingerprint density at radius 3 is 2.83 bits per heavy atom. The van der Waals surface area contributed by atoms with Crippen LogP contribution >= 0.6 is 11.6 Å². The molecule has 0 radical (unpaired) electrons. The SMILES string of the molecule is C=C[C@H](N)c1cccc(Cl)c1F. The topological polar surface area (TPSA) is 26.0 Å². The van der Waals surface area contributed by atoms with Crippen molar-refractivity contribution in [2.24, 2.45) is 5.73 Å². The lowest BCUT2D eigenvalue weighted by Gasteiger charge is -2.07. The Bertz CT molecular complexity index is 299. The van der Waals surface area contributed by atoms with Gasteiger partial charge in [0, 0.05) is 5.56 Å². The number of rotatable bonds is 2. The zero-order valence-electron chi connectivity index (χ0n) is 6.43. The van der Waals surface area contributed by atoms with Crippen molar-refractivity contribution < 1.29 is 4.39 Å². The zero-order chi connectivity index (χ0) is 9.14. The first-order valence-corrected chi connectivity index (χ1v) is 3.86. The summed E-state index contributed by atoms with van der Waals surface area (Å²) >= 11 is 5.55. The van der Waals surface area contributed by atoms with Crippen molar-refractivity contribution in [3.05, 3.63) is 47.3 Å². The lowest BCUT2D eigenvalue weighted by atomic mass is 10.1. The molecule has 0 aliphatic heterocycles. The molecule has 0 heterocycles. The molecule has 3 heteroatoms. The van der Waals surface area contributed by atoms with Crippen LogP contribution in [0.15, 0.2) is 30.9 Å². The van der Waals surface area contributed by atoms with Gasteiger partial charge in [0.1, 0.15) is 5.82 Å². The van der Waals surface area contributed by atoms with Gasteiger partial charge in [-0.2, -0.15) is 0 Å². The first-order chi connectivity index (χ1) is 5.66. The predicted molar refractivity (Wildman–Crippen MR) is 48.5 cm³/mol. The highest BCUT2D eigenvalue weighted by Crippen LogP contribution is 2.22. The van der Waals surface area contributed by atoms with Gasteiger partial charge in [-0.05, 0) is 6.07 Å². The maximum absolute atomic E-state index is 13.2. The fraction of sp³-hybridized carbons (Fsp3) is 0.111. The van der Waals surface area contributed by atoms with Crippen molar-refractivity contribution >= 4 is 11.6 Å². The lowest BCUT2D eigenvalue weighted by molar-refractivity contribution is 0.603. The van der Waals surface area contributed by atoms with Gasteiger partial charge >= 0.3 is 0 Å². The van der Waals surface area contributed by atoms with Crippen LogP contribution in [0.3, 0.4) is 0 Å². The minimum atomic E-state index is -0.497. The summed E-state index contributed by atoms with van der Waals surface area (Å²) in [4.78, 5) is 0. The average Bonchev–Trinajstić information content (AvgIpc) is 2.08. The summed E-state index contributed by atoms with van der Waals surface area (Å²) < 4.78 is 13.2. The minimum Gasteiger partial charge on any atom is -0.321 e.